The molecule has 0 unspecified atom stereocenters. The van der Waals surface area contributed by atoms with Crippen LogP contribution in [0.1, 0.15) is 6.92 Å². The Labute approximate surface area is 48.7 Å². The van der Waals surface area contributed by atoms with Gasteiger partial charge in [-0.15, -0.1) is 0 Å². The molecule has 8 heavy (non-hydrogen) atoms. The first-order chi connectivity index (χ1) is 3.72. The topological polar surface area (TPSA) is 44.6 Å². The van der Waals surface area contributed by atoms with Gasteiger partial charge in [-0.25, -0.2) is 0 Å². The van der Waals surface area contributed by atoms with Crippen molar-refractivity contribution >= 4 is 5.84 Å². The molecule has 0 atom stereocenters. The van der Waals surface area contributed by atoms with Crippen molar-refractivity contribution in [3.63, 3.8) is 0 Å². The van der Waals surface area contributed by atoms with Crippen LogP contribution in [0.25, 0.3) is 0 Å². The van der Waals surface area contributed by atoms with Crippen molar-refractivity contribution in [1.29, 1.82) is 0 Å². The number of hydrogen-bond donors (Lipinski definition) is 2. The number of rotatable bonds is 1. The first kappa shape index (κ1) is 7.17. The molecule has 0 fully saturated rings. The molecule has 0 aromatic rings. The molecule has 3 heteroatoms. The summed E-state index contributed by atoms with van der Waals surface area (Å²) in [6.07, 6.45) is 0. The van der Waals surface area contributed by atoms with Crippen molar-refractivity contribution < 1.29 is 5.21 Å². The van der Waals surface area contributed by atoms with Gasteiger partial charge < -0.3 is 0 Å². The van der Waals surface area contributed by atoms with Crippen LogP contribution < -0.4 is 5.48 Å². The van der Waals surface area contributed by atoms with Gasteiger partial charge in [-0.05, 0) is 12.5 Å². The van der Waals surface area contributed by atoms with Crippen LogP contribution in [-0.2, 0) is 0 Å². The number of hydroxylamine groups is 1. The predicted molar refractivity (Wildman–Crippen MR) is 33.1 cm³/mol. The highest BCUT2D eigenvalue weighted by atomic mass is 16.5. The van der Waals surface area contributed by atoms with Crippen LogP contribution in [0.5, 0.6) is 0 Å². The van der Waals surface area contributed by atoms with Gasteiger partial charge in [-0.2, -0.15) is 0 Å². The molecule has 0 aliphatic carbocycles. The Balaban J connectivity index is 3.92. The van der Waals surface area contributed by atoms with E-state index in [1.165, 1.54) is 0 Å². The highest BCUT2D eigenvalue weighted by molar-refractivity contribution is 5.96. The lowest BCUT2D eigenvalue weighted by atomic mass is 10.3. The van der Waals surface area contributed by atoms with E-state index in [1.807, 2.05) is 5.48 Å². The van der Waals surface area contributed by atoms with Gasteiger partial charge in [-0.1, -0.05) is 6.58 Å². The maximum atomic E-state index is 8.25. The van der Waals surface area contributed by atoms with Gasteiger partial charge in [0.15, 0.2) is 0 Å². The average molecular weight is 114 g/mol. The maximum Gasteiger partial charge on any atom is 0.146 e. The zero-order chi connectivity index (χ0) is 6.57. The third-order valence-electron chi connectivity index (χ3n) is 0.734. The standard InChI is InChI=1S/C5H10N2O/c1-4(2)5(6-3)7-8/h8H,1H2,2-3H3,(H,6,7). The van der Waals surface area contributed by atoms with E-state index in [-0.39, 0.29) is 0 Å². The Hall–Kier alpha value is -0.830. The maximum absolute atomic E-state index is 8.25. The second kappa shape index (κ2) is 3.21. The van der Waals surface area contributed by atoms with Crippen LogP contribution >= 0.6 is 0 Å². The molecular weight excluding hydrogens is 104 g/mol. The molecule has 46 valence electrons. The number of amidine groups is 1. The third-order valence-corrected chi connectivity index (χ3v) is 0.734. The lowest BCUT2D eigenvalue weighted by Crippen LogP contribution is -2.19. The summed E-state index contributed by atoms with van der Waals surface area (Å²) in [5.41, 5.74) is 2.62. The van der Waals surface area contributed by atoms with Crippen LogP contribution in [0, 0.1) is 0 Å². The fourth-order valence-corrected chi connectivity index (χ4v) is 0.336. The first-order valence-corrected chi connectivity index (χ1v) is 2.25. The van der Waals surface area contributed by atoms with E-state index in [2.05, 4.69) is 11.6 Å². The number of nitrogens with zero attached hydrogens (tertiary/aromatic N) is 1. The van der Waals surface area contributed by atoms with Crippen molar-refractivity contribution in [3.8, 4) is 0 Å². The van der Waals surface area contributed by atoms with Gasteiger partial charge in [0.05, 0.1) is 0 Å². The quantitative estimate of drug-likeness (QED) is 0.297. The summed E-state index contributed by atoms with van der Waals surface area (Å²) in [6, 6.07) is 0. The van der Waals surface area contributed by atoms with Crippen LogP contribution in [-0.4, -0.2) is 18.1 Å². The lowest BCUT2D eigenvalue weighted by Gasteiger charge is -1.98. The number of aliphatic imine (C=N–C) groups is 1. The molecule has 0 aromatic carbocycles. The second-order valence-corrected chi connectivity index (χ2v) is 1.46. The lowest BCUT2D eigenvalue weighted by molar-refractivity contribution is 0.234. The van der Waals surface area contributed by atoms with Gasteiger partial charge >= 0.3 is 0 Å². The molecule has 0 rings (SSSR count). The summed E-state index contributed by atoms with van der Waals surface area (Å²) in [5, 5.41) is 8.25. The van der Waals surface area contributed by atoms with Crippen molar-refractivity contribution in [2.45, 2.75) is 6.92 Å². The molecule has 3 nitrogen and oxygen atoms in total. The number of nitrogens with one attached hydrogen (secondary N) is 1. The van der Waals surface area contributed by atoms with Gasteiger partial charge in [0.25, 0.3) is 0 Å². The van der Waals surface area contributed by atoms with Crippen LogP contribution in [0.15, 0.2) is 17.1 Å². The Morgan fingerprint density at radius 3 is 2.25 bits per heavy atom. The second-order valence-electron chi connectivity index (χ2n) is 1.46. The number of hydrogen-bond acceptors (Lipinski definition) is 2. The third kappa shape index (κ3) is 1.75. The van der Waals surface area contributed by atoms with Crippen LogP contribution in [0.2, 0.25) is 0 Å². The van der Waals surface area contributed by atoms with Crippen molar-refractivity contribution in [2.24, 2.45) is 4.99 Å². The van der Waals surface area contributed by atoms with Gasteiger partial charge in [-0.3, -0.25) is 15.7 Å². The largest absolute Gasteiger partial charge is 0.290 e. The van der Waals surface area contributed by atoms with Crippen LogP contribution in [0.3, 0.4) is 0 Å². The normalized spacial score (nSPS) is 11.1. The minimum atomic E-state index is 0.421. The summed E-state index contributed by atoms with van der Waals surface area (Å²) in [4.78, 5) is 3.66. The summed E-state index contributed by atoms with van der Waals surface area (Å²) in [6.45, 7) is 5.30. The van der Waals surface area contributed by atoms with E-state index < -0.39 is 0 Å². The van der Waals surface area contributed by atoms with E-state index in [0.29, 0.717) is 5.84 Å². The smallest absolute Gasteiger partial charge is 0.146 e. The summed E-state index contributed by atoms with van der Waals surface area (Å²) < 4.78 is 0. The molecule has 0 aliphatic heterocycles. The molecule has 0 saturated heterocycles. The molecule has 0 spiro atoms. The summed E-state index contributed by atoms with van der Waals surface area (Å²) in [5.74, 6) is 0.421. The molecule has 0 saturated carbocycles. The summed E-state index contributed by atoms with van der Waals surface area (Å²) in [7, 11) is 1.58. The molecule has 0 amide bonds. The molecule has 2 N–H and O–H groups in total. The van der Waals surface area contributed by atoms with E-state index in [0.717, 1.165) is 5.57 Å². The van der Waals surface area contributed by atoms with Crippen molar-refractivity contribution in [3.05, 3.63) is 12.2 Å². The van der Waals surface area contributed by atoms with E-state index in [1.54, 1.807) is 14.0 Å². The molecule has 0 aliphatic rings. The molecule has 0 heterocycles. The Kier molecular flexibility index (Phi) is 2.88. The van der Waals surface area contributed by atoms with Gasteiger partial charge in [0, 0.05) is 7.05 Å². The van der Waals surface area contributed by atoms with Gasteiger partial charge in [0.1, 0.15) is 5.84 Å². The molecule has 0 radical (unpaired) electrons. The Morgan fingerprint density at radius 2 is 2.25 bits per heavy atom. The van der Waals surface area contributed by atoms with Crippen molar-refractivity contribution in [2.75, 3.05) is 7.05 Å². The van der Waals surface area contributed by atoms with E-state index in [9.17, 15) is 0 Å². The monoisotopic (exact) mass is 114 g/mol. The minimum absolute atomic E-state index is 0.421. The zero-order valence-electron chi connectivity index (χ0n) is 5.10. The average Bonchev–Trinajstić information content (AvgIpc) is 1.69. The fourth-order valence-electron chi connectivity index (χ4n) is 0.336. The first-order valence-electron chi connectivity index (χ1n) is 2.25. The zero-order valence-corrected chi connectivity index (χ0v) is 5.10. The highest BCUT2D eigenvalue weighted by Crippen LogP contribution is 1.85. The van der Waals surface area contributed by atoms with E-state index in [4.69, 9.17) is 5.21 Å². The fraction of sp³-hybridized carbons (Fsp3) is 0.400. The molecule has 0 bridgehead atoms. The van der Waals surface area contributed by atoms with Crippen LogP contribution in [0.4, 0.5) is 0 Å². The van der Waals surface area contributed by atoms with Gasteiger partial charge in [0.2, 0.25) is 0 Å². The SMILES string of the molecule is C=C(C)C(=NC)NO. The molecular formula is C5H10N2O. The Morgan fingerprint density at radius 1 is 1.75 bits per heavy atom. The van der Waals surface area contributed by atoms with Crippen molar-refractivity contribution in [1.82, 2.24) is 5.48 Å². The highest BCUT2D eigenvalue weighted by Gasteiger charge is 1.91. The summed E-state index contributed by atoms with van der Waals surface area (Å²) >= 11 is 0. The Bertz CT molecular complexity index is 118. The minimum Gasteiger partial charge on any atom is -0.290 e. The van der Waals surface area contributed by atoms with E-state index >= 15 is 0 Å². The molecule has 0 aromatic heterocycles. The predicted octanol–water partition coefficient (Wildman–Crippen LogP) is 0.570.